The first kappa shape index (κ1) is 26.7. The number of carbonyl (C=O) groups is 3. The summed E-state index contributed by atoms with van der Waals surface area (Å²) in [6, 6.07) is 10.7. The molecule has 2 atom stereocenters. The van der Waals surface area contributed by atoms with Crippen molar-refractivity contribution in [1.82, 2.24) is 15.6 Å². The number of hydrogen-bond acceptors (Lipinski definition) is 6. The first-order valence-corrected chi connectivity index (χ1v) is 11.8. The average Bonchev–Trinajstić information content (AvgIpc) is 3.26. The summed E-state index contributed by atoms with van der Waals surface area (Å²) in [5, 5.41) is 5.62. The predicted molar refractivity (Wildman–Crippen MR) is 130 cm³/mol. The van der Waals surface area contributed by atoms with Crippen LogP contribution in [0, 0.1) is 0 Å². The third kappa shape index (κ3) is 5.96. The highest BCUT2D eigenvalue weighted by atomic mass is 19.4. The normalized spacial score (nSPS) is 17.2. The van der Waals surface area contributed by atoms with Gasteiger partial charge < -0.3 is 25.1 Å². The smallest absolute Gasteiger partial charge is 0.417 e. The fraction of sp³-hybridized carbons (Fsp3) is 0.308. The zero-order valence-electron chi connectivity index (χ0n) is 20.2. The van der Waals surface area contributed by atoms with Gasteiger partial charge in [0.25, 0.3) is 5.56 Å². The van der Waals surface area contributed by atoms with Crippen LogP contribution in [0.15, 0.2) is 53.3 Å². The van der Waals surface area contributed by atoms with Crippen LogP contribution in [-0.2, 0) is 25.2 Å². The van der Waals surface area contributed by atoms with Gasteiger partial charge in [-0.05, 0) is 42.5 Å². The fourth-order valence-electron chi connectivity index (χ4n) is 4.34. The van der Waals surface area contributed by atoms with Crippen LogP contribution in [0.4, 0.5) is 18.0 Å². The van der Waals surface area contributed by atoms with Crippen molar-refractivity contribution in [2.45, 2.75) is 31.5 Å². The van der Waals surface area contributed by atoms with Crippen LogP contribution in [0.3, 0.4) is 0 Å². The third-order valence-electron chi connectivity index (χ3n) is 6.08. The lowest BCUT2D eigenvalue weighted by Gasteiger charge is -2.14. The predicted octanol–water partition coefficient (Wildman–Crippen LogP) is 3.48. The molecule has 3 N–H and O–H groups in total. The maximum atomic E-state index is 13.5. The molecule has 0 aliphatic carbocycles. The standard InChI is InChI=1S/C26H24F3N3O6/c1-2-37-22(33)12-30-25(36)38-13-16-11-19(23(34)31-16)14-7-8-15-10-21(32-24(35)18(15)9-14)17-5-3-4-6-20(17)26(27,28)29/h3-10,16,19H,2,11-13H2,1H3,(H,30,36)(H,31,34)(H,32,35)/t16?,19-/m1/s1. The number of aromatic nitrogens is 1. The van der Waals surface area contributed by atoms with Crippen LogP contribution >= 0.6 is 0 Å². The molecule has 38 heavy (non-hydrogen) atoms. The molecule has 0 radical (unpaired) electrons. The molecule has 12 heteroatoms. The first-order valence-electron chi connectivity index (χ1n) is 11.8. The van der Waals surface area contributed by atoms with Crippen molar-refractivity contribution in [1.29, 1.82) is 0 Å². The van der Waals surface area contributed by atoms with Gasteiger partial charge in [0.15, 0.2) is 0 Å². The Kier molecular flexibility index (Phi) is 7.70. The molecule has 0 saturated carbocycles. The van der Waals surface area contributed by atoms with Crippen LogP contribution in [0.25, 0.3) is 22.0 Å². The third-order valence-corrected chi connectivity index (χ3v) is 6.08. The molecule has 1 saturated heterocycles. The summed E-state index contributed by atoms with van der Waals surface area (Å²) in [6.07, 6.45) is -5.15. The topological polar surface area (TPSA) is 127 Å². The van der Waals surface area contributed by atoms with Gasteiger partial charge in [0.2, 0.25) is 5.91 Å². The van der Waals surface area contributed by atoms with E-state index < -0.39 is 41.3 Å². The van der Waals surface area contributed by atoms with Crippen molar-refractivity contribution >= 4 is 28.7 Å². The van der Waals surface area contributed by atoms with Gasteiger partial charge in [-0.2, -0.15) is 13.2 Å². The number of nitrogens with one attached hydrogen (secondary N) is 3. The molecule has 2 aromatic carbocycles. The number of hydrogen-bond donors (Lipinski definition) is 3. The van der Waals surface area contributed by atoms with Gasteiger partial charge in [-0.25, -0.2) is 4.79 Å². The lowest BCUT2D eigenvalue weighted by molar-refractivity contribution is -0.142. The second-order valence-electron chi connectivity index (χ2n) is 8.65. The number of alkyl halides is 3. The molecule has 1 fully saturated rings. The molecule has 1 aliphatic rings. The number of H-pyrrole nitrogens is 1. The minimum absolute atomic E-state index is 0.0280. The van der Waals surface area contributed by atoms with Gasteiger partial charge >= 0.3 is 18.2 Å². The highest BCUT2D eigenvalue weighted by molar-refractivity contribution is 5.90. The van der Waals surface area contributed by atoms with E-state index in [9.17, 15) is 32.3 Å². The Morgan fingerprint density at radius 2 is 1.84 bits per heavy atom. The zero-order chi connectivity index (χ0) is 27.4. The van der Waals surface area contributed by atoms with Gasteiger partial charge in [0.05, 0.1) is 24.1 Å². The molecular formula is C26H24F3N3O6. The SMILES string of the molecule is CCOC(=O)CNC(=O)OCC1C[C@H](c2ccc3cc(-c4ccccc4C(F)(F)F)[nH]c(=O)c3c2)C(=O)N1. The lowest BCUT2D eigenvalue weighted by atomic mass is 9.93. The molecule has 1 unspecified atom stereocenters. The summed E-state index contributed by atoms with van der Waals surface area (Å²) in [7, 11) is 0. The Morgan fingerprint density at radius 3 is 2.58 bits per heavy atom. The van der Waals surface area contributed by atoms with Crippen molar-refractivity contribution < 1.29 is 37.0 Å². The minimum Gasteiger partial charge on any atom is -0.465 e. The molecule has 4 rings (SSSR count). The van der Waals surface area contributed by atoms with Gasteiger partial charge in [-0.1, -0.05) is 30.3 Å². The number of carbonyl (C=O) groups excluding carboxylic acids is 3. The highest BCUT2D eigenvalue weighted by Crippen LogP contribution is 2.37. The molecule has 0 spiro atoms. The van der Waals surface area contributed by atoms with E-state index in [0.29, 0.717) is 10.9 Å². The fourth-order valence-corrected chi connectivity index (χ4v) is 4.34. The molecule has 2 amide bonds. The number of rotatable bonds is 7. The van der Waals surface area contributed by atoms with Crippen LogP contribution < -0.4 is 16.2 Å². The maximum absolute atomic E-state index is 13.5. The minimum atomic E-state index is -4.59. The highest BCUT2D eigenvalue weighted by Gasteiger charge is 2.35. The molecule has 1 aliphatic heterocycles. The van der Waals surface area contributed by atoms with Crippen molar-refractivity contribution in [2.75, 3.05) is 19.8 Å². The Morgan fingerprint density at radius 1 is 1.08 bits per heavy atom. The molecule has 3 aromatic rings. The van der Waals surface area contributed by atoms with E-state index in [1.165, 1.54) is 30.3 Å². The molecule has 9 nitrogen and oxygen atoms in total. The Labute approximate surface area is 214 Å². The van der Waals surface area contributed by atoms with E-state index in [2.05, 4.69) is 15.6 Å². The van der Waals surface area contributed by atoms with Crippen molar-refractivity contribution in [3.05, 3.63) is 70.0 Å². The van der Waals surface area contributed by atoms with Crippen LogP contribution in [-0.4, -0.2) is 48.8 Å². The van der Waals surface area contributed by atoms with E-state index in [-0.39, 0.29) is 48.7 Å². The second-order valence-corrected chi connectivity index (χ2v) is 8.65. The van der Waals surface area contributed by atoms with E-state index in [1.807, 2.05) is 0 Å². The molecule has 2 heterocycles. The summed E-state index contributed by atoms with van der Waals surface area (Å²) >= 11 is 0. The van der Waals surface area contributed by atoms with E-state index in [4.69, 9.17) is 9.47 Å². The number of ether oxygens (including phenoxy) is 2. The van der Waals surface area contributed by atoms with E-state index >= 15 is 0 Å². The summed E-state index contributed by atoms with van der Waals surface area (Å²) in [6.45, 7) is 1.34. The average molecular weight is 531 g/mol. The number of fused-ring (bicyclic) bond motifs is 1. The number of aromatic amines is 1. The van der Waals surface area contributed by atoms with Crippen molar-refractivity contribution in [3.63, 3.8) is 0 Å². The van der Waals surface area contributed by atoms with Crippen molar-refractivity contribution in [2.24, 2.45) is 0 Å². The molecule has 200 valence electrons. The number of halogens is 3. The second kappa shape index (κ2) is 11.0. The Hall–Kier alpha value is -4.35. The van der Waals surface area contributed by atoms with Crippen LogP contribution in [0.1, 0.15) is 30.4 Å². The van der Waals surface area contributed by atoms with Gasteiger partial charge in [0.1, 0.15) is 13.2 Å². The molecule has 1 aromatic heterocycles. The number of amides is 2. The lowest BCUT2D eigenvalue weighted by Crippen LogP contribution is -2.35. The summed E-state index contributed by atoms with van der Waals surface area (Å²) < 4.78 is 50.1. The maximum Gasteiger partial charge on any atom is 0.417 e. The summed E-state index contributed by atoms with van der Waals surface area (Å²) in [5.41, 5.74) is -1.03. The largest absolute Gasteiger partial charge is 0.465 e. The number of alkyl carbamates (subject to hydrolysis) is 1. The van der Waals surface area contributed by atoms with Gasteiger partial charge in [-0.3, -0.25) is 14.4 Å². The summed E-state index contributed by atoms with van der Waals surface area (Å²) in [4.78, 5) is 51.0. The number of pyridine rings is 1. The zero-order valence-corrected chi connectivity index (χ0v) is 20.2. The van der Waals surface area contributed by atoms with E-state index in [1.54, 1.807) is 19.1 Å². The Balaban J connectivity index is 1.48. The van der Waals surface area contributed by atoms with E-state index in [0.717, 1.165) is 6.07 Å². The molecular weight excluding hydrogens is 507 g/mol. The van der Waals surface area contributed by atoms with Crippen LogP contribution in [0.2, 0.25) is 0 Å². The summed E-state index contributed by atoms with van der Waals surface area (Å²) in [5.74, 6) is -1.56. The number of benzene rings is 2. The molecule has 0 bridgehead atoms. The van der Waals surface area contributed by atoms with Gasteiger partial charge in [-0.15, -0.1) is 0 Å². The van der Waals surface area contributed by atoms with Crippen LogP contribution in [0.5, 0.6) is 0 Å². The first-order chi connectivity index (χ1) is 18.1. The Bertz CT molecular complexity index is 1440. The van der Waals surface area contributed by atoms with Crippen molar-refractivity contribution in [3.8, 4) is 11.3 Å². The van der Waals surface area contributed by atoms with Gasteiger partial charge in [0, 0.05) is 16.6 Å². The monoisotopic (exact) mass is 531 g/mol. The quantitative estimate of drug-likeness (QED) is 0.401. The number of esters is 1.